The van der Waals surface area contributed by atoms with Crippen LogP contribution in [0.2, 0.25) is 0 Å². The molecule has 3 heterocycles. The molecule has 1 atom stereocenters. The van der Waals surface area contributed by atoms with Crippen LogP contribution in [0.25, 0.3) is 22.3 Å². The highest BCUT2D eigenvalue weighted by Crippen LogP contribution is 2.23. The zero-order valence-electron chi connectivity index (χ0n) is 15.4. The number of amides is 1. The SMILES string of the molecule is CCCO[C@H]1CCCN(C(=O)c2ccc(-c3cnc4n[nH]nc4c3)cc2)C1. The highest BCUT2D eigenvalue weighted by molar-refractivity contribution is 5.95. The highest BCUT2D eigenvalue weighted by Gasteiger charge is 2.24. The molecular formula is C20H23N5O2. The van der Waals surface area contributed by atoms with Crippen LogP contribution in [0.3, 0.4) is 0 Å². The second-order valence-electron chi connectivity index (χ2n) is 6.85. The van der Waals surface area contributed by atoms with Crippen molar-refractivity contribution in [1.82, 2.24) is 25.3 Å². The van der Waals surface area contributed by atoms with Crippen LogP contribution in [0.1, 0.15) is 36.5 Å². The molecule has 3 aromatic rings. The highest BCUT2D eigenvalue weighted by atomic mass is 16.5. The van der Waals surface area contributed by atoms with Crippen LogP contribution in [0, 0.1) is 0 Å². The number of hydrogen-bond acceptors (Lipinski definition) is 5. The van der Waals surface area contributed by atoms with E-state index in [-0.39, 0.29) is 12.0 Å². The van der Waals surface area contributed by atoms with Crippen LogP contribution in [0.5, 0.6) is 0 Å². The van der Waals surface area contributed by atoms with E-state index in [4.69, 9.17) is 4.74 Å². The molecule has 1 fully saturated rings. The molecule has 0 saturated carbocycles. The summed E-state index contributed by atoms with van der Waals surface area (Å²) in [7, 11) is 0. The van der Waals surface area contributed by atoms with Crippen LogP contribution in [-0.2, 0) is 4.74 Å². The molecule has 1 aliphatic rings. The van der Waals surface area contributed by atoms with Crippen molar-refractivity contribution in [2.45, 2.75) is 32.3 Å². The number of likely N-dealkylation sites (tertiary alicyclic amines) is 1. The molecule has 1 saturated heterocycles. The monoisotopic (exact) mass is 365 g/mol. The molecule has 140 valence electrons. The third kappa shape index (κ3) is 3.83. The molecular weight excluding hydrogens is 342 g/mol. The van der Waals surface area contributed by atoms with Crippen LogP contribution in [0.4, 0.5) is 0 Å². The number of benzene rings is 1. The number of aromatic amines is 1. The summed E-state index contributed by atoms with van der Waals surface area (Å²) in [5, 5.41) is 10.6. The molecule has 7 heteroatoms. The van der Waals surface area contributed by atoms with Gasteiger partial charge in [-0.15, -0.1) is 5.10 Å². The van der Waals surface area contributed by atoms with E-state index in [1.54, 1.807) is 6.20 Å². The van der Waals surface area contributed by atoms with E-state index in [0.29, 0.717) is 17.8 Å². The number of piperidine rings is 1. The molecule has 7 nitrogen and oxygen atoms in total. The summed E-state index contributed by atoms with van der Waals surface area (Å²) in [6.45, 7) is 4.32. The summed E-state index contributed by atoms with van der Waals surface area (Å²) in [6, 6.07) is 9.58. The number of fused-ring (bicyclic) bond motifs is 1. The summed E-state index contributed by atoms with van der Waals surface area (Å²) in [4.78, 5) is 19.0. The van der Waals surface area contributed by atoms with Crippen molar-refractivity contribution in [2.75, 3.05) is 19.7 Å². The van der Waals surface area contributed by atoms with Crippen molar-refractivity contribution in [1.29, 1.82) is 0 Å². The fourth-order valence-electron chi connectivity index (χ4n) is 3.43. The Morgan fingerprint density at radius 2 is 2.11 bits per heavy atom. The minimum Gasteiger partial charge on any atom is -0.376 e. The molecule has 0 bridgehead atoms. The second kappa shape index (κ2) is 7.84. The topological polar surface area (TPSA) is 84.0 Å². The number of pyridine rings is 1. The maximum absolute atomic E-state index is 12.8. The Morgan fingerprint density at radius 3 is 2.93 bits per heavy atom. The van der Waals surface area contributed by atoms with Crippen LogP contribution >= 0.6 is 0 Å². The standard InChI is InChI=1S/C20H23N5O2/c1-2-10-27-17-4-3-9-25(13-17)20(26)15-7-5-14(6-8-15)16-11-18-19(21-12-16)23-24-22-18/h5-8,11-12,17H,2-4,9-10,13H2,1H3,(H,21,22,23,24)/t17-/m0/s1. The number of H-pyrrole nitrogens is 1. The van der Waals surface area contributed by atoms with Gasteiger partial charge in [-0.1, -0.05) is 19.1 Å². The van der Waals surface area contributed by atoms with Gasteiger partial charge in [-0.2, -0.15) is 10.3 Å². The Bertz CT molecular complexity index is 922. The Balaban J connectivity index is 1.47. The first-order chi connectivity index (χ1) is 13.2. The van der Waals surface area contributed by atoms with Gasteiger partial charge in [-0.25, -0.2) is 4.98 Å². The van der Waals surface area contributed by atoms with E-state index in [2.05, 4.69) is 27.3 Å². The lowest BCUT2D eigenvalue weighted by atomic mass is 10.0. The molecule has 1 aliphatic heterocycles. The molecule has 4 rings (SSSR count). The van der Waals surface area contributed by atoms with Gasteiger partial charge < -0.3 is 9.64 Å². The number of carbonyl (C=O) groups excluding carboxylic acids is 1. The fraction of sp³-hybridized carbons (Fsp3) is 0.400. The van der Waals surface area contributed by atoms with Gasteiger partial charge in [0.25, 0.3) is 5.91 Å². The second-order valence-corrected chi connectivity index (χ2v) is 6.85. The van der Waals surface area contributed by atoms with Gasteiger partial charge in [0.2, 0.25) is 5.65 Å². The van der Waals surface area contributed by atoms with Gasteiger partial charge in [0, 0.05) is 37.0 Å². The van der Waals surface area contributed by atoms with Gasteiger partial charge in [0.15, 0.2) is 0 Å². The number of aromatic nitrogens is 4. The van der Waals surface area contributed by atoms with Crippen LogP contribution in [-0.4, -0.2) is 57.0 Å². The molecule has 2 aromatic heterocycles. The van der Waals surface area contributed by atoms with Crippen molar-refractivity contribution in [3.8, 4) is 11.1 Å². The van der Waals surface area contributed by atoms with Crippen molar-refractivity contribution in [2.24, 2.45) is 0 Å². The third-order valence-corrected chi connectivity index (χ3v) is 4.86. The van der Waals surface area contributed by atoms with Crippen molar-refractivity contribution >= 4 is 17.1 Å². The molecule has 27 heavy (non-hydrogen) atoms. The average molecular weight is 365 g/mol. The van der Waals surface area contributed by atoms with Crippen molar-refractivity contribution in [3.63, 3.8) is 0 Å². The van der Waals surface area contributed by atoms with Gasteiger partial charge in [-0.3, -0.25) is 4.79 Å². The van der Waals surface area contributed by atoms with E-state index in [9.17, 15) is 4.79 Å². The predicted octanol–water partition coefficient (Wildman–Crippen LogP) is 3.05. The molecule has 0 radical (unpaired) electrons. The Kier molecular flexibility index (Phi) is 5.11. The third-order valence-electron chi connectivity index (χ3n) is 4.86. The summed E-state index contributed by atoms with van der Waals surface area (Å²) in [6.07, 6.45) is 4.94. The number of rotatable bonds is 5. The Hall–Kier alpha value is -2.80. The lowest BCUT2D eigenvalue weighted by molar-refractivity contribution is 0.00211. The normalized spacial score (nSPS) is 17.4. The molecule has 1 amide bonds. The predicted molar refractivity (Wildman–Crippen MR) is 102 cm³/mol. The largest absolute Gasteiger partial charge is 0.376 e. The zero-order chi connectivity index (χ0) is 18.6. The van der Waals surface area contributed by atoms with E-state index >= 15 is 0 Å². The maximum atomic E-state index is 12.8. The first kappa shape index (κ1) is 17.6. The summed E-state index contributed by atoms with van der Waals surface area (Å²) in [5.41, 5.74) is 3.95. The lowest BCUT2D eigenvalue weighted by Crippen LogP contribution is -2.43. The molecule has 1 N–H and O–H groups in total. The Morgan fingerprint density at radius 1 is 1.26 bits per heavy atom. The van der Waals surface area contributed by atoms with Crippen molar-refractivity contribution < 1.29 is 9.53 Å². The number of nitrogens with zero attached hydrogens (tertiary/aromatic N) is 4. The summed E-state index contributed by atoms with van der Waals surface area (Å²) < 4.78 is 5.84. The molecule has 1 aromatic carbocycles. The number of nitrogens with one attached hydrogen (secondary N) is 1. The summed E-state index contributed by atoms with van der Waals surface area (Å²) >= 11 is 0. The lowest BCUT2D eigenvalue weighted by Gasteiger charge is -2.32. The minimum absolute atomic E-state index is 0.0661. The van der Waals surface area contributed by atoms with Crippen LogP contribution in [0.15, 0.2) is 36.5 Å². The smallest absolute Gasteiger partial charge is 0.253 e. The quantitative estimate of drug-likeness (QED) is 0.751. The van der Waals surface area contributed by atoms with Crippen LogP contribution < -0.4 is 0 Å². The fourth-order valence-corrected chi connectivity index (χ4v) is 3.43. The number of carbonyl (C=O) groups is 1. The summed E-state index contributed by atoms with van der Waals surface area (Å²) in [5.74, 6) is 0.0661. The van der Waals surface area contributed by atoms with Crippen molar-refractivity contribution in [3.05, 3.63) is 42.1 Å². The minimum atomic E-state index is 0.0661. The van der Waals surface area contributed by atoms with Gasteiger partial charge in [-0.05, 0) is 43.0 Å². The average Bonchev–Trinajstić information content (AvgIpc) is 3.20. The van der Waals surface area contributed by atoms with Gasteiger partial charge in [0.05, 0.1) is 6.10 Å². The first-order valence-corrected chi connectivity index (χ1v) is 9.42. The molecule has 0 unspecified atom stereocenters. The zero-order valence-corrected chi connectivity index (χ0v) is 15.4. The molecule has 0 spiro atoms. The van der Waals surface area contributed by atoms with E-state index < -0.39 is 0 Å². The number of hydrogen-bond donors (Lipinski definition) is 1. The maximum Gasteiger partial charge on any atom is 0.253 e. The number of ether oxygens (including phenoxy) is 1. The first-order valence-electron chi connectivity index (χ1n) is 9.42. The van der Waals surface area contributed by atoms with Gasteiger partial charge >= 0.3 is 0 Å². The van der Waals surface area contributed by atoms with Gasteiger partial charge in [0.1, 0.15) is 5.52 Å². The molecule has 0 aliphatic carbocycles. The van der Waals surface area contributed by atoms with E-state index in [0.717, 1.165) is 49.1 Å². The van der Waals surface area contributed by atoms with E-state index in [1.807, 2.05) is 35.2 Å². The Labute approximate surface area is 157 Å². The van der Waals surface area contributed by atoms with E-state index in [1.165, 1.54) is 0 Å².